The zero-order valence-electron chi connectivity index (χ0n) is 7.93. The molecule has 0 amide bonds. The lowest BCUT2D eigenvalue weighted by Crippen LogP contribution is -2.08. The van der Waals surface area contributed by atoms with Crippen LogP contribution in [-0.4, -0.2) is 14.2 Å². The van der Waals surface area contributed by atoms with Crippen molar-refractivity contribution in [3.05, 3.63) is 29.3 Å². The summed E-state index contributed by atoms with van der Waals surface area (Å²) in [6.07, 6.45) is 0. The van der Waals surface area contributed by atoms with E-state index in [4.69, 9.17) is 0 Å². The van der Waals surface area contributed by atoms with E-state index in [0.29, 0.717) is 12.1 Å². The molecule has 0 aromatic heterocycles. The van der Waals surface area contributed by atoms with Crippen LogP contribution in [0.4, 0.5) is 8.78 Å². The van der Waals surface area contributed by atoms with E-state index in [1.54, 1.807) is 7.05 Å². The first-order chi connectivity index (χ1) is 6.20. The van der Waals surface area contributed by atoms with Gasteiger partial charge in [-0.15, -0.1) is 12.4 Å². The molecule has 0 atom stereocenters. The predicted octanol–water partition coefficient (Wildman–Crippen LogP) is 2.11. The van der Waals surface area contributed by atoms with Crippen LogP contribution < -0.4 is 10.1 Å². The zero-order valence-corrected chi connectivity index (χ0v) is 8.75. The number of ether oxygens (including phenoxy) is 1. The molecule has 14 heavy (non-hydrogen) atoms. The molecule has 0 aliphatic rings. The van der Waals surface area contributed by atoms with E-state index < -0.39 is 11.6 Å². The molecule has 1 rings (SSSR count). The Labute approximate surface area is 87.7 Å². The standard InChI is InChI=1S/C9H11F2NO.ClH/c1-12-5-6-3-4-7(13-2)9(11)8(6)10;/h3-4,12H,5H2,1-2H3;1H. The molecule has 0 radical (unpaired) electrons. The predicted molar refractivity (Wildman–Crippen MR) is 52.9 cm³/mol. The third-order valence-corrected chi connectivity index (χ3v) is 1.71. The average Bonchev–Trinajstić information content (AvgIpc) is 2.14. The lowest BCUT2D eigenvalue weighted by atomic mass is 10.2. The Kier molecular flexibility index (Phi) is 5.42. The number of methoxy groups -OCH3 is 1. The van der Waals surface area contributed by atoms with Crippen molar-refractivity contribution in [2.24, 2.45) is 0 Å². The summed E-state index contributed by atoms with van der Waals surface area (Å²) in [4.78, 5) is 0. The quantitative estimate of drug-likeness (QED) is 0.848. The Morgan fingerprint density at radius 3 is 2.43 bits per heavy atom. The summed E-state index contributed by atoms with van der Waals surface area (Å²) in [5.74, 6) is -1.86. The maximum absolute atomic E-state index is 13.1. The molecule has 0 fully saturated rings. The second-order valence-electron chi connectivity index (χ2n) is 2.59. The highest BCUT2D eigenvalue weighted by atomic mass is 35.5. The number of benzene rings is 1. The number of hydrogen-bond donors (Lipinski definition) is 1. The van der Waals surface area contributed by atoms with Gasteiger partial charge in [-0.2, -0.15) is 4.39 Å². The molecule has 0 spiro atoms. The summed E-state index contributed by atoms with van der Waals surface area (Å²) in [6.45, 7) is 0.298. The molecular weight excluding hydrogens is 212 g/mol. The highest BCUT2D eigenvalue weighted by Gasteiger charge is 2.12. The zero-order chi connectivity index (χ0) is 9.84. The molecule has 0 heterocycles. The van der Waals surface area contributed by atoms with Crippen LogP contribution >= 0.6 is 12.4 Å². The van der Waals surface area contributed by atoms with E-state index in [1.807, 2.05) is 0 Å². The van der Waals surface area contributed by atoms with Crippen molar-refractivity contribution in [2.75, 3.05) is 14.2 Å². The van der Waals surface area contributed by atoms with Gasteiger partial charge in [0, 0.05) is 12.1 Å². The van der Waals surface area contributed by atoms with Crippen LogP contribution in [0.2, 0.25) is 0 Å². The van der Waals surface area contributed by atoms with Crippen molar-refractivity contribution in [3.63, 3.8) is 0 Å². The van der Waals surface area contributed by atoms with Gasteiger partial charge in [0.15, 0.2) is 11.6 Å². The summed E-state index contributed by atoms with van der Waals surface area (Å²) < 4.78 is 30.8. The Hall–Kier alpha value is -0.870. The van der Waals surface area contributed by atoms with E-state index in [2.05, 4.69) is 10.1 Å². The van der Waals surface area contributed by atoms with Gasteiger partial charge >= 0.3 is 0 Å². The molecule has 0 bridgehead atoms. The molecule has 80 valence electrons. The summed E-state index contributed by atoms with van der Waals surface area (Å²) in [5.41, 5.74) is 0.292. The van der Waals surface area contributed by atoms with Crippen LogP contribution in [-0.2, 0) is 6.54 Å². The van der Waals surface area contributed by atoms with Crippen LogP contribution in [0.1, 0.15) is 5.56 Å². The number of rotatable bonds is 3. The molecule has 0 aliphatic heterocycles. The van der Waals surface area contributed by atoms with Crippen molar-refractivity contribution < 1.29 is 13.5 Å². The van der Waals surface area contributed by atoms with Crippen molar-refractivity contribution >= 4 is 12.4 Å². The molecule has 0 unspecified atom stereocenters. The molecule has 0 saturated carbocycles. The largest absolute Gasteiger partial charge is 0.494 e. The molecule has 0 aliphatic carbocycles. The monoisotopic (exact) mass is 223 g/mol. The van der Waals surface area contributed by atoms with Crippen LogP contribution in [0.25, 0.3) is 0 Å². The molecule has 0 saturated heterocycles. The van der Waals surface area contributed by atoms with Gasteiger partial charge in [0.2, 0.25) is 5.82 Å². The molecule has 1 aromatic rings. The number of halogens is 3. The first-order valence-corrected chi connectivity index (χ1v) is 3.86. The third kappa shape index (κ3) is 2.56. The van der Waals surface area contributed by atoms with Gasteiger partial charge in [-0.1, -0.05) is 6.07 Å². The molecule has 2 nitrogen and oxygen atoms in total. The average molecular weight is 224 g/mol. The second-order valence-corrected chi connectivity index (χ2v) is 2.59. The van der Waals surface area contributed by atoms with Gasteiger partial charge in [0.1, 0.15) is 0 Å². The smallest absolute Gasteiger partial charge is 0.200 e. The van der Waals surface area contributed by atoms with E-state index in [9.17, 15) is 8.78 Å². The van der Waals surface area contributed by atoms with Crippen LogP contribution in [0, 0.1) is 11.6 Å². The van der Waals surface area contributed by atoms with E-state index >= 15 is 0 Å². The van der Waals surface area contributed by atoms with Gasteiger partial charge in [0.25, 0.3) is 0 Å². The van der Waals surface area contributed by atoms with Crippen molar-refractivity contribution in [1.82, 2.24) is 5.32 Å². The topological polar surface area (TPSA) is 21.3 Å². The minimum Gasteiger partial charge on any atom is -0.494 e. The normalized spacial score (nSPS) is 9.43. The van der Waals surface area contributed by atoms with E-state index in [0.717, 1.165) is 0 Å². The highest BCUT2D eigenvalue weighted by Crippen LogP contribution is 2.21. The van der Waals surface area contributed by atoms with Gasteiger partial charge in [0.05, 0.1) is 7.11 Å². The Morgan fingerprint density at radius 2 is 1.93 bits per heavy atom. The Balaban J connectivity index is 0.00000169. The molecule has 5 heteroatoms. The second kappa shape index (κ2) is 5.78. The fourth-order valence-electron chi connectivity index (χ4n) is 1.06. The van der Waals surface area contributed by atoms with Crippen LogP contribution in [0.15, 0.2) is 12.1 Å². The van der Waals surface area contributed by atoms with Crippen molar-refractivity contribution in [1.29, 1.82) is 0 Å². The lowest BCUT2D eigenvalue weighted by molar-refractivity contribution is 0.369. The number of hydrogen-bond acceptors (Lipinski definition) is 2. The fraction of sp³-hybridized carbons (Fsp3) is 0.333. The van der Waals surface area contributed by atoms with Crippen LogP contribution in [0.3, 0.4) is 0 Å². The summed E-state index contributed by atoms with van der Waals surface area (Å²) in [5, 5.41) is 2.74. The lowest BCUT2D eigenvalue weighted by Gasteiger charge is -2.06. The SMILES string of the molecule is CNCc1ccc(OC)c(F)c1F.Cl. The summed E-state index contributed by atoms with van der Waals surface area (Å²) in [7, 11) is 2.97. The summed E-state index contributed by atoms with van der Waals surface area (Å²) in [6, 6.07) is 2.90. The summed E-state index contributed by atoms with van der Waals surface area (Å²) >= 11 is 0. The van der Waals surface area contributed by atoms with Crippen molar-refractivity contribution in [3.8, 4) is 5.75 Å². The van der Waals surface area contributed by atoms with Crippen LogP contribution in [0.5, 0.6) is 5.75 Å². The fourth-order valence-corrected chi connectivity index (χ4v) is 1.06. The first kappa shape index (κ1) is 13.1. The minimum atomic E-state index is -0.935. The number of nitrogens with one attached hydrogen (secondary N) is 1. The third-order valence-electron chi connectivity index (χ3n) is 1.71. The van der Waals surface area contributed by atoms with Gasteiger partial charge in [-0.3, -0.25) is 0 Å². The van der Waals surface area contributed by atoms with Gasteiger partial charge < -0.3 is 10.1 Å². The maximum Gasteiger partial charge on any atom is 0.200 e. The van der Waals surface area contributed by atoms with Gasteiger partial charge in [-0.25, -0.2) is 4.39 Å². The Bertz CT molecular complexity index is 307. The molecular formula is C9H12ClF2NO. The van der Waals surface area contributed by atoms with E-state index in [-0.39, 0.29) is 18.2 Å². The Morgan fingerprint density at radius 1 is 1.29 bits per heavy atom. The molecule has 1 aromatic carbocycles. The first-order valence-electron chi connectivity index (χ1n) is 3.86. The van der Waals surface area contributed by atoms with E-state index in [1.165, 1.54) is 19.2 Å². The van der Waals surface area contributed by atoms with Gasteiger partial charge in [-0.05, 0) is 13.1 Å². The molecule has 1 N–H and O–H groups in total. The van der Waals surface area contributed by atoms with Crippen molar-refractivity contribution in [2.45, 2.75) is 6.54 Å². The maximum atomic E-state index is 13.1. The highest BCUT2D eigenvalue weighted by molar-refractivity contribution is 5.85. The minimum absolute atomic E-state index is 0.